The first kappa shape index (κ1) is 13.0. The van der Waals surface area contributed by atoms with Crippen molar-refractivity contribution in [2.75, 3.05) is 0 Å². The van der Waals surface area contributed by atoms with Crippen LogP contribution in [-0.2, 0) is 11.3 Å². The molecule has 0 amide bonds. The maximum absolute atomic E-state index is 13.2. The molecule has 0 aliphatic carbocycles. The first-order valence-corrected chi connectivity index (χ1v) is 6.50. The Morgan fingerprint density at radius 1 is 1.00 bits per heavy atom. The standard InChI is InChI=1S/C17H14F2O/c18-17(19)16-15(10-12-6-2-1-3-7-12)14-9-5-4-8-13(14)11-20-16/h1-10,16-17H,11H2/b15-10-. The fourth-order valence-corrected chi connectivity index (χ4v) is 2.45. The smallest absolute Gasteiger partial charge is 0.268 e. The van der Waals surface area contributed by atoms with Crippen molar-refractivity contribution >= 4 is 11.6 Å². The molecule has 0 saturated heterocycles. The van der Waals surface area contributed by atoms with Crippen LogP contribution in [-0.4, -0.2) is 12.5 Å². The third-order valence-corrected chi connectivity index (χ3v) is 3.40. The van der Waals surface area contributed by atoms with Gasteiger partial charge in [0.25, 0.3) is 6.43 Å². The normalized spacial score (nSPS) is 20.1. The topological polar surface area (TPSA) is 9.23 Å². The Balaban J connectivity index is 2.10. The minimum absolute atomic E-state index is 0.233. The molecule has 1 aliphatic rings. The van der Waals surface area contributed by atoms with E-state index in [0.29, 0.717) is 5.57 Å². The van der Waals surface area contributed by atoms with Crippen molar-refractivity contribution in [1.82, 2.24) is 0 Å². The molecule has 2 aromatic rings. The van der Waals surface area contributed by atoms with Crippen LogP contribution in [0.4, 0.5) is 8.78 Å². The van der Waals surface area contributed by atoms with Crippen molar-refractivity contribution < 1.29 is 13.5 Å². The summed E-state index contributed by atoms with van der Waals surface area (Å²) in [7, 11) is 0. The van der Waals surface area contributed by atoms with Gasteiger partial charge >= 0.3 is 0 Å². The highest BCUT2D eigenvalue weighted by Gasteiger charge is 2.31. The van der Waals surface area contributed by atoms with E-state index in [1.165, 1.54) is 0 Å². The molecule has 0 bridgehead atoms. The van der Waals surface area contributed by atoms with E-state index >= 15 is 0 Å². The summed E-state index contributed by atoms with van der Waals surface area (Å²) in [5, 5.41) is 0. The molecule has 2 aromatic carbocycles. The molecule has 3 heteroatoms. The van der Waals surface area contributed by atoms with Crippen LogP contribution in [0.1, 0.15) is 16.7 Å². The number of rotatable bonds is 2. The summed E-state index contributed by atoms with van der Waals surface area (Å²) in [4.78, 5) is 0. The molecule has 0 saturated carbocycles. The molecule has 1 heterocycles. The Bertz CT molecular complexity index is 620. The van der Waals surface area contributed by atoms with Crippen LogP contribution in [0.3, 0.4) is 0 Å². The number of benzene rings is 2. The van der Waals surface area contributed by atoms with Crippen LogP contribution in [0.5, 0.6) is 0 Å². The van der Waals surface area contributed by atoms with Crippen molar-refractivity contribution in [3.63, 3.8) is 0 Å². The van der Waals surface area contributed by atoms with Gasteiger partial charge in [0, 0.05) is 0 Å². The summed E-state index contributed by atoms with van der Waals surface area (Å²) in [5.41, 5.74) is 3.25. The van der Waals surface area contributed by atoms with Crippen molar-refractivity contribution in [2.24, 2.45) is 0 Å². The van der Waals surface area contributed by atoms with E-state index in [-0.39, 0.29) is 6.61 Å². The van der Waals surface area contributed by atoms with E-state index in [4.69, 9.17) is 4.74 Å². The van der Waals surface area contributed by atoms with Gasteiger partial charge < -0.3 is 4.74 Å². The van der Waals surface area contributed by atoms with E-state index in [0.717, 1.165) is 16.7 Å². The zero-order valence-corrected chi connectivity index (χ0v) is 10.8. The van der Waals surface area contributed by atoms with Gasteiger partial charge in [-0.3, -0.25) is 0 Å². The monoisotopic (exact) mass is 272 g/mol. The molecular formula is C17H14F2O. The summed E-state index contributed by atoms with van der Waals surface area (Å²) < 4.78 is 31.7. The Hall–Kier alpha value is -2.00. The Morgan fingerprint density at radius 2 is 1.70 bits per heavy atom. The summed E-state index contributed by atoms with van der Waals surface area (Å²) >= 11 is 0. The van der Waals surface area contributed by atoms with Crippen molar-refractivity contribution in [2.45, 2.75) is 19.1 Å². The third kappa shape index (κ3) is 2.49. The predicted molar refractivity (Wildman–Crippen MR) is 75.3 cm³/mol. The highest BCUT2D eigenvalue weighted by Crippen LogP contribution is 2.34. The van der Waals surface area contributed by atoms with E-state index in [1.807, 2.05) is 54.6 Å². The maximum Gasteiger partial charge on any atom is 0.268 e. The second-order valence-electron chi connectivity index (χ2n) is 4.73. The molecule has 1 aliphatic heterocycles. The lowest BCUT2D eigenvalue weighted by atomic mass is 9.92. The zero-order valence-electron chi connectivity index (χ0n) is 10.8. The van der Waals surface area contributed by atoms with Crippen molar-refractivity contribution in [3.8, 4) is 0 Å². The van der Waals surface area contributed by atoms with Gasteiger partial charge in [-0.15, -0.1) is 0 Å². The number of alkyl halides is 2. The van der Waals surface area contributed by atoms with Crippen molar-refractivity contribution in [1.29, 1.82) is 0 Å². The summed E-state index contributed by atoms with van der Waals surface area (Å²) in [6, 6.07) is 17.0. The van der Waals surface area contributed by atoms with E-state index in [2.05, 4.69) is 0 Å². The average molecular weight is 272 g/mol. The number of ether oxygens (including phenoxy) is 1. The molecular weight excluding hydrogens is 258 g/mol. The van der Waals surface area contributed by atoms with Gasteiger partial charge in [0.05, 0.1) is 6.61 Å². The van der Waals surface area contributed by atoms with Crippen LogP contribution < -0.4 is 0 Å². The molecule has 102 valence electrons. The number of halogens is 2. The van der Waals surface area contributed by atoms with Crippen molar-refractivity contribution in [3.05, 3.63) is 71.3 Å². The number of fused-ring (bicyclic) bond motifs is 1. The van der Waals surface area contributed by atoms with Gasteiger partial charge in [-0.1, -0.05) is 54.6 Å². The molecule has 0 fully saturated rings. The third-order valence-electron chi connectivity index (χ3n) is 3.40. The molecule has 0 radical (unpaired) electrons. The minimum Gasteiger partial charge on any atom is -0.363 e. The molecule has 1 unspecified atom stereocenters. The van der Waals surface area contributed by atoms with Gasteiger partial charge in [-0.05, 0) is 28.3 Å². The Kier molecular flexibility index (Phi) is 3.61. The lowest BCUT2D eigenvalue weighted by Gasteiger charge is -2.28. The van der Waals surface area contributed by atoms with Crippen LogP contribution in [0, 0.1) is 0 Å². The molecule has 0 aromatic heterocycles. The molecule has 3 rings (SSSR count). The largest absolute Gasteiger partial charge is 0.363 e. The molecule has 20 heavy (non-hydrogen) atoms. The zero-order chi connectivity index (χ0) is 13.9. The molecule has 1 atom stereocenters. The first-order valence-electron chi connectivity index (χ1n) is 6.50. The van der Waals surface area contributed by atoms with Crippen LogP contribution >= 0.6 is 0 Å². The predicted octanol–water partition coefficient (Wildman–Crippen LogP) is 4.39. The highest BCUT2D eigenvalue weighted by atomic mass is 19.3. The molecule has 0 N–H and O–H groups in total. The second-order valence-corrected chi connectivity index (χ2v) is 4.73. The van der Waals surface area contributed by atoms with Gasteiger partial charge in [0.15, 0.2) is 0 Å². The number of hydrogen-bond acceptors (Lipinski definition) is 1. The quantitative estimate of drug-likeness (QED) is 0.787. The van der Waals surface area contributed by atoms with Crippen LogP contribution in [0.25, 0.3) is 11.6 Å². The average Bonchev–Trinajstić information content (AvgIpc) is 2.48. The lowest BCUT2D eigenvalue weighted by Crippen LogP contribution is -2.28. The molecule has 1 nitrogen and oxygen atoms in total. The first-order chi connectivity index (χ1) is 9.75. The van der Waals surface area contributed by atoms with E-state index in [9.17, 15) is 8.78 Å². The summed E-state index contributed by atoms with van der Waals surface area (Å²) in [6.45, 7) is 0.233. The van der Waals surface area contributed by atoms with E-state index < -0.39 is 12.5 Å². The fraction of sp³-hybridized carbons (Fsp3) is 0.176. The van der Waals surface area contributed by atoms with Crippen LogP contribution in [0.15, 0.2) is 54.6 Å². The summed E-state index contributed by atoms with van der Waals surface area (Å²) in [6.07, 6.45) is -1.90. The lowest BCUT2D eigenvalue weighted by molar-refractivity contribution is -0.0348. The maximum atomic E-state index is 13.2. The van der Waals surface area contributed by atoms with Gasteiger partial charge in [-0.25, -0.2) is 8.78 Å². The van der Waals surface area contributed by atoms with E-state index in [1.54, 1.807) is 6.08 Å². The second kappa shape index (κ2) is 5.55. The van der Waals surface area contributed by atoms with Crippen LogP contribution in [0.2, 0.25) is 0 Å². The Labute approximate surface area is 116 Å². The summed E-state index contributed by atoms with van der Waals surface area (Å²) in [5.74, 6) is 0. The Morgan fingerprint density at radius 3 is 2.45 bits per heavy atom. The van der Waals surface area contributed by atoms with Gasteiger partial charge in [0.2, 0.25) is 0 Å². The SMILES string of the molecule is FC(F)C1OCc2ccccc2/C1=C/c1ccccc1. The molecule has 0 spiro atoms. The fourth-order valence-electron chi connectivity index (χ4n) is 2.45. The number of hydrogen-bond donors (Lipinski definition) is 0. The highest BCUT2D eigenvalue weighted by molar-refractivity contribution is 5.86. The minimum atomic E-state index is -2.53. The van der Waals surface area contributed by atoms with Gasteiger partial charge in [0.1, 0.15) is 6.10 Å². The van der Waals surface area contributed by atoms with Gasteiger partial charge in [-0.2, -0.15) is 0 Å².